The molecule has 0 saturated carbocycles. The Labute approximate surface area is 96.7 Å². The van der Waals surface area contributed by atoms with Gasteiger partial charge < -0.3 is 15.0 Å². The lowest BCUT2D eigenvalue weighted by molar-refractivity contribution is -0.107. The van der Waals surface area contributed by atoms with Gasteiger partial charge in [0.15, 0.2) is 0 Å². The van der Waals surface area contributed by atoms with E-state index in [-0.39, 0.29) is 23.1 Å². The van der Waals surface area contributed by atoms with Crippen molar-refractivity contribution in [2.24, 2.45) is 0 Å². The molecule has 0 fully saturated rings. The van der Waals surface area contributed by atoms with Crippen LogP contribution in [-0.4, -0.2) is 28.4 Å². The average molecular weight is 232 g/mol. The Bertz CT molecular complexity index is 501. The Morgan fingerprint density at radius 2 is 1.65 bits per heavy atom. The average Bonchev–Trinajstić information content (AvgIpc) is 2.29. The van der Waals surface area contributed by atoms with Crippen molar-refractivity contribution < 1.29 is 24.6 Å². The molecular formula is C12H8O5. The fourth-order valence-corrected chi connectivity index (χ4v) is 1.14. The molecule has 0 saturated heterocycles. The molecule has 0 atom stereocenters. The van der Waals surface area contributed by atoms with Crippen LogP contribution >= 0.6 is 0 Å². The maximum absolute atomic E-state index is 10.8. The quantitative estimate of drug-likeness (QED) is 0.599. The summed E-state index contributed by atoms with van der Waals surface area (Å²) in [5.74, 6) is 2.55. The second-order valence-electron chi connectivity index (χ2n) is 3.08. The lowest BCUT2D eigenvalue weighted by Crippen LogP contribution is -2.03. The number of carbonyl (C=O) groups is 3. The molecule has 0 spiro atoms. The van der Waals surface area contributed by atoms with E-state index in [1.165, 1.54) is 12.1 Å². The molecule has 0 aliphatic rings. The van der Waals surface area contributed by atoms with Crippen LogP contribution in [0.4, 0.5) is 0 Å². The highest BCUT2D eigenvalue weighted by Crippen LogP contribution is 2.10. The van der Waals surface area contributed by atoms with E-state index >= 15 is 0 Å². The van der Waals surface area contributed by atoms with Gasteiger partial charge in [-0.15, -0.1) is 0 Å². The van der Waals surface area contributed by atoms with Gasteiger partial charge in [0.05, 0.1) is 17.5 Å². The molecule has 0 aliphatic heterocycles. The summed E-state index contributed by atoms with van der Waals surface area (Å²) in [5.41, 5.74) is -0.0512. The van der Waals surface area contributed by atoms with E-state index in [0.717, 1.165) is 6.07 Å². The molecule has 1 rings (SSSR count). The Morgan fingerprint density at radius 1 is 1.12 bits per heavy atom. The van der Waals surface area contributed by atoms with Gasteiger partial charge in [-0.2, -0.15) is 0 Å². The zero-order valence-corrected chi connectivity index (χ0v) is 8.64. The first-order valence-corrected chi connectivity index (χ1v) is 4.59. The van der Waals surface area contributed by atoms with E-state index in [0.29, 0.717) is 6.29 Å². The first kappa shape index (κ1) is 12.5. The van der Waals surface area contributed by atoms with Gasteiger partial charge in [-0.3, -0.25) is 0 Å². The highest BCUT2D eigenvalue weighted by atomic mass is 16.4. The first-order chi connectivity index (χ1) is 8.04. The maximum atomic E-state index is 10.8. The van der Waals surface area contributed by atoms with Crippen LogP contribution in [0.5, 0.6) is 0 Å². The first-order valence-electron chi connectivity index (χ1n) is 4.59. The van der Waals surface area contributed by atoms with Crippen molar-refractivity contribution in [2.75, 3.05) is 0 Å². The minimum Gasteiger partial charge on any atom is -0.478 e. The monoisotopic (exact) mass is 232 g/mol. The molecule has 86 valence electrons. The Kier molecular flexibility index (Phi) is 4.01. The summed E-state index contributed by atoms with van der Waals surface area (Å²) in [6.45, 7) is 0. The minimum atomic E-state index is -1.23. The molecule has 0 amide bonds. The molecule has 0 bridgehead atoms. The topological polar surface area (TPSA) is 91.7 Å². The fourth-order valence-electron chi connectivity index (χ4n) is 1.14. The summed E-state index contributed by atoms with van der Waals surface area (Å²) in [5, 5.41) is 17.6. The molecule has 5 heteroatoms. The predicted octanol–water partition coefficient (Wildman–Crippen LogP) is 1.02. The van der Waals surface area contributed by atoms with Crippen LogP contribution in [-0.2, 0) is 4.79 Å². The zero-order chi connectivity index (χ0) is 12.8. The van der Waals surface area contributed by atoms with Crippen molar-refractivity contribution >= 4 is 18.2 Å². The van der Waals surface area contributed by atoms with Crippen LogP contribution in [0.15, 0.2) is 18.2 Å². The zero-order valence-electron chi connectivity index (χ0n) is 8.64. The lowest BCUT2D eigenvalue weighted by Gasteiger charge is -1.99. The third-order valence-corrected chi connectivity index (χ3v) is 1.85. The van der Waals surface area contributed by atoms with Gasteiger partial charge >= 0.3 is 11.9 Å². The number of rotatable bonds is 3. The van der Waals surface area contributed by atoms with Gasteiger partial charge in [-0.05, 0) is 18.2 Å². The molecule has 1 aromatic rings. The number of carboxylic acid groups (broad SMARTS) is 2. The number of carboxylic acids is 2. The van der Waals surface area contributed by atoms with Crippen LogP contribution < -0.4 is 0 Å². The maximum Gasteiger partial charge on any atom is 0.335 e. The molecule has 5 nitrogen and oxygen atoms in total. The third kappa shape index (κ3) is 3.47. The van der Waals surface area contributed by atoms with Gasteiger partial charge in [0.2, 0.25) is 0 Å². The van der Waals surface area contributed by atoms with Gasteiger partial charge in [-0.25, -0.2) is 9.59 Å². The molecular weight excluding hydrogens is 224 g/mol. The van der Waals surface area contributed by atoms with Gasteiger partial charge in [0, 0.05) is 5.56 Å². The summed E-state index contributed by atoms with van der Waals surface area (Å²) >= 11 is 0. The van der Waals surface area contributed by atoms with Crippen molar-refractivity contribution in [3.8, 4) is 11.8 Å². The van der Waals surface area contributed by atoms with Crippen molar-refractivity contribution in [3.63, 3.8) is 0 Å². The molecule has 0 aliphatic carbocycles. The lowest BCUT2D eigenvalue weighted by atomic mass is 10.1. The van der Waals surface area contributed by atoms with Gasteiger partial charge in [0.1, 0.15) is 6.29 Å². The van der Waals surface area contributed by atoms with Crippen LogP contribution in [0, 0.1) is 11.8 Å². The van der Waals surface area contributed by atoms with Crippen molar-refractivity contribution in [2.45, 2.75) is 6.42 Å². The molecule has 0 heterocycles. The number of benzene rings is 1. The van der Waals surface area contributed by atoms with E-state index in [1.807, 2.05) is 0 Å². The molecule has 0 unspecified atom stereocenters. The third-order valence-electron chi connectivity index (χ3n) is 1.85. The number of aldehydes is 1. The van der Waals surface area contributed by atoms with E-state index in [9.17, 15) is 14.4 Å². The highest BCUT2D eigenvalue weighted by Gasteiger charge is 2.10. The molecule has 17 heavy (non-hydrogen) atoms. The number of aromatic carboxylic acids is 2. The molecule has 2 N–H and O–H groups in total. The van der Waals surface area contributed by atoms with E-state index in [2.05, 4.69) is 11.8 Å². The number of hydrogen-bond acceptors (Lipinski definition) is 3. The summed E-state index contributed by atoms with van der Waals surface area (Å²) < 4.78 is 0. The smallest absolute Gasteiger partial charge is 0.335 e. The van der Waals surface area contributed by atoms with Crippen molar-refractivity contribution in [1.82, 2.24) is 0 Å². The number of hydrogen-bond donors (Lipinski definition) is 2. The normalized spacial score (nSPS) is 8.94. The van der Waals surface area contributed by atoms with Crippen molar-refractivity contribution in [3.05, 3.63) is 34.9 Å². The Morgan fingerprint density at radius 3 is 2.06 bits per heavy atom. The summed E-state index contributed by atoms with van der Waals surface area (Å²) in [4.78, 5) is 31.6. The fraction of sp³-hybridized carbons (Fsp3) is 0.0833. The van der Waals surface area contributed by atoms with Crippen LogP contribution in [0.25, 0.3) is 0 Å². The molecule has 0 aromatic heterocycles. The van der Waals surface area contributed by atoms with Gasteiger partial charge in [-0.1, -0.05) is 11.8 Å². The number of carbonyl (C=O) groups excluding carboxylic acids is 1. The van der Waals surface area contributed by atoms with Crippen LogP contribution in [0.3, 0.4) is 0 Å². The van der Waals surface area contributed by atoms with E-state index < -0.39 is 11.9 Å². The second-order valence-corrected chi connectivity index (χ2v) is 3.08. The predicted molar refractivity (Wildman–Crippen MR) is 57.9 cm³/mol. The molecule has 1 aromatic carbocycles. The van der Waals surface area contributed by atoms with Crippen LogP contribution in [0.2, 0.25) is 0 Å². The van der Waals surface area contributed by atoms with Crippen LogP contribution in [0.1, 0.15) is 32.7 Å². The van der Waals surface area contributed by atoms with Gasteiger partial charge in [0.25, 0.3) is 0 Å². The van der Waals surface area contributed by atoms with Crippen molar-refractivity contribution in [1.29, 1.82) is 0 Å². The standard InChI is InChI=1S/C12H8O5/c13-4-2-1-3-8-5-9(11(14)15)7-10(6-8)12(16)17/h4-7H,2H2,(H,14,15)(H,16,17). The summed E-state index contributed by atoms with van der Waals surface area (Å²) in [6.07, 6.45) is 0.617. The Hall–Kier alpha value is -2.61. The largest absolute Gasteiger partial charge is 0.478 e. The van der Waals surface area contributed by atoms with E-state index in [1.54, 1.807) is 0 Å². The highest BCUT2D eigenvalue weighted by molar-refractivity contribution is 5.94. The summed E-state index contributed by atoms with van der Waals surface area (Å²) in [6, 6.07) is 3.56. The summed E-state index contributed by atoms with van der Waals surface area (Å²) in [7, 11) is 0. The van der Waals surface area contributed by atoms with E-state index in [4.69, 9.17) is 10.2 Å². The SMILES string of the molecule is O=CCC#Cc1cc(C(=O)O)cc(C(=O)O)c1. The second kappa shape index (κ2) is 5.47. The molecule has 0 radical (unpaired) electrons. The minimum absolute atomic E-state index is 0.0136. The Balaban J connectivity index is 3.22.